The summed E-state index contributed by atoms with van der Waals surface area (Å²) in [4.78, 5) is 15.2. The standard InChI is InChI=1S/C25H22N2O4S/c1-25(2,32(3,30)31)23-16-21(14-20-10-6-12-26-24(20)23)18-8-4-7-17(13-18)19-9-5-11-22(15-19)27(28)29/h4-16H,1-3H3. The van der Waals surface area contributed by atoms with Crippen LogP contribution in [0.5, 0.6) is 0 Å². The van der Waals surface area contributed by atoms with Crippen LogP contribution in [0.15, 0.2) is 79.0 Å². The Morgan fingerprint density at radius 3 is 2.12 bits per heavy atom. The number of sulfone groups is 1. The highest BCUT2D eigenvalue weighted by Gasteiger charge is 2.34. The van der Waals surface area contributed by atoms with E-state index in [9.17, 15) is 18.5 Å². The summed E-state index contributed by atoms with van der Waals surface area (Å²) in [5.41, 5.74) is 4.62. The van der Waals surface area contributed by atoms with Gasteiger partial charge in [-0.1, -0.05) is 36.4 Å². The topological polar surface area (TPSA) is 90.2 Å². The van der Waals surface area contributed by atoms with Crippen molar-refractivity contribution in [3.63, 3.8) is 0 Å². The van der Waals surface area contributed by atoms with E-state index in [0.29, 0.717) is 11.1 Å². The summed E-state index contributed by atoms with van der Waals surface area (Å²) in [6.45, 7) is 3.38. The van der Waals surface area contributed by atoms with Gasteiger partial charge in [-0.25, -0.2) is 8.42 Å². The molecule has 0 aliphatic carbocycles. The smallest absolute Gasteiger partial charge is 0.258 e. The Labute approximate surface area is 186 Å². The molecular formula is C25H22N2O4S. The van der Waals surface area contributed by atoms with E-state index in [1.54, 1.807) is 32.2 Å². The SMILES string of the molecule is CC(C)(c1cc(-c2cccc(-c3cccc([N+](=O)[O-])c3)c2)cc2cccnc12)S(C)(=O)=O. The Hall–Kier alpha value is -3.58. The second-order valence-corrected chi connectivity index (χ2v) is 10.8. The van der Waals surface area contributed by atoms with E-state index in [-0.39, 0.29) is 5.69 Å². The highest BCUT2D eigenvalue weighted by molar-refractivity contribution is 7.91. The lowest BCUT2D eigenvalue weighted by atomic mass is 9.92. The average Bonchev–Trinajstić information content (AvgIpc) is 2.77. The molecule has 0 saturated heterocycles. The molecule has 6 nitrogen and oxygen atoms in total. The van der Waals surface area contributed by atoms with Crippen LogP contribution in [0, 0.1) is 10.1 Å². The Kier molecular flexibility index (Phi) is 5.30. The molecule has 4 aromatic rings. The van der Waals surface area contributed by atoms with Gasteiger partial charge in [-0.2, -0.15) is 0 Å². The van der Waals surface area contributed by atoms with Crippen molar-refractivity contribution in [3.8, 4) is 22.3 Å². The van der Waals surface area contributed by atoms with E-state index in [2.05, 4.69) is 4.98 Å². The lowest BCUT2D eigenvalue weighted by Gasteiger charge is -2.25. The van der Waals surface area contributed by atoms with Crippen LogP contribution >= 0.6 is 0 Å². The minimum atomic E-state index is -3.41. The first kappa shape index (κ1) is 21.6. The van der Waals surface area contributed by atoms with Crippen molar-refractivity contribution in [1.29, 1.82) is 0 Å². The normalized spacial score (nSPS) is 12.1. The Morgan fingerprint density at radius 2 is 1.47 bits per heavy atom. The zero-order valence-corrected chi connectivity index (χ0v) is 18.8. The van der Waals surface area contributed by atoms with Crippen molar-refractivity contribution in [2.45, 2.75) is 18.6 Å². The van der Waals surface area contributed by atoms with Crippen LogP contribution in [0.25, 0.3) is 33.2 Å². The molecule has 0 unspecified atom stereocenters. The van der Waals surface area contributed by atoms with Gasteiger partial charge in [0, 0.05) is 30.0 Å². The third kappa shape index (κ3) is 3.87. The minimum Gasteiger partial charge on any atom is -0.258 e. The fourth-order valence-corrected chi connectivity index (χ4v) is 4.25. The monoisotopic (exact) mass is 446 g/mol. The zero-order chi connectivity index (χ0) is 23.1. The number of hydrogen-bond acceptors (Lipinski definition) is 5. The summed E-state index contributed by atoms with van der Waals surface area (Å²) < 4.78 is 24.0. The van der Waals surface area contributed by atoms with Gasteiger partial charge in [0.15, 0.2) is 9.84 Å². The van der Waals surface area contributed by atoms with Crippen molar-refractivity contribution in [1.82, 2.24) is 4.98 Å². The van der Waals surface area contributed by atoms with Gasteiger partial charge in [-0.3, -0.25) is 15.1 Å². The number of nitro groups is 1. The summed E-state index contributed by atoms with van der Waals surface area (Å²) in [6, 6.07) is 21.8. The largest absolute Gasteiger partial charge is 0.270 e. The first-order chi connectivity index (χ1) is 15.1. The van der Waals surface area contributed by atoms with Crippen LogP contribution in [-0.4, -0.2) is 24.6 Å². The fraction of sp³-hybridized carbons (Fsp3) is 0.160. The molecule has 7 heteroatoms. The molecule has 0 amide bonds. The minimum absolute atomic E-state index is 0.0295. The number of pyridine rings is 1. The number of non-ortho nitro benzene ring substituents is 1. The van der Waals surface area contributed by atoms with Crippen LogP contribution in [0.4, 0.5) is 5.69 Å². The molecule has 0 aliphatic rings. The Bertz CT molecular complexity index is 1460. The van der Waals surface area contributed by atoms with E-state index in [0.717, 1.165) is 27.6 Å². The van der Waals surface area contributed by atoms with Crippen molar-refractivity contribution in [2.75, 3.05) is 6.26 Å². The number of nitrogens with zero attached hydrogens (tertiary/aromatic N) is 2. The molecule has 0 radical (unpaired) electrons. The summed E-state index contributed by atoms with van der Waals surface area (Å²) in [7, 11) is -3.41. The maximum Gasteiger partial charge on any atom is 0.270 e. The van der Waals surface area contributed by atoms with Crippen molar-refractivity contribution < 1.29 is 13.3 Å². The molecule has 1 heterocycles. The number of rotatable bonds is 5. The molecule has 4 rings (SSSR count). The first-order valence-electron chi connectivity index (χ1n) is 10.0. The third-order valence-electron chi connectivity index (χ3n) is 5.87. The third-order valence-corrected chi connectivity index (χ3v) is 7.94. The summed E-state index contributed by atoms with van der Waals surface area (Å²) in [5.74, 6) is 0. The second-order valence-electron chi connectivity index (χ2n) is 8.27. The van der Waals surface area contributed by atoms with Crippen LogP contribution in [0.2, 0.25) is 0 Å². The zero-order valence-electron chi connectivity index (χ0n) is 17.9. The van der Waals surface area contributed by atoms with E-state index < -0.39 is 19.5 Å². The van der Waals surface area contributed by atoms with Crippen molar-refractivity contribution >= 4 is 26.4 Å². The Morgan fingerprint density at radius 1 is 0.844 bits per heavy atom. The molecule has 0 fully saturated rings. The summed E-state index contributed by atoms with van der Waals surface area (Å²) >= 11 is 0. The van der Waals surface area contributed by atoms with Crippen LogP contribution < -0.4 is 0 Å². The number of nitro benzene ring substituents is 1. The second kappa shape index (κ2) is 7.84. The van der Waals surface area contributed by atoms with Gasteiger partial charge in [0.25, 0.3) is 5.69 Å². The number of fused-ring (bicyclic) bond motifs is 1. The lowest BCUT2D eigenvalue weighted by Crippen LogP contribution is -2.28. The van der Waals surface area contributed by atoms with Crippen LogP contribution in [0.3, 0.4) is 0 Å². The molecule has 0 aliphatic heterocycles. The van der Waals surface area contributed by atoms with Crippen LogP contribution in [-0.2, 0) is 14.6 Å². The maximum absolute atomic E-state index is 12.6. The van der Waals surface area contributed by atoms with E-state index >= 15 is 0 Å². The van der Waals surface area contributed by atoms with E-state index in [1.807, 2.05) is 54.6 Å². The molecule has 0 saturated carbocycles. The van der Waals surface area contributed by atoms with Gasteiger partial charge >= 0.3 is 0 Å². The van der Waals surface area contributed by atoms with Gasteiger partial charge in [0.1, 0.15) is 0 Å². The quantitative estimate of drug-likeness (QED) is 0.287. The predicted octanol–water partition coefficient (Wildman–Crippen LogP) is 5.76. The molecule has 0 bridgehead atoms. The highest BCUT2D eigenvalue weighted by atomic mass is 32.2. The molecule has 0 N–H and O–H groups in total. The molecule has 162 valence electrons. The first-order valence-corrected chi connectivity index (χ1v) is 11.9. The summed E-state index contributed by atoms with van der Waals surface area (Å²) in [5, 5.41) is 12.0. The average molecular weight is 447 g/mol. The molecule has 32 heavy (non-hydrogen) atoms. The van der Waals surface area contributed by atoms with Gasteiger partial charge in [0.2, 0.25) is 0 Å². The van der Waals surface area contributed by atoms with E-state index in [4.69, 9.17) is 0 Å². The van der Waals surface area contributed by atoms with Gasteiger partial charge in [-0.05, 0) is 65.9 Å². The number of benzene rings is 3. The van der Waals surface area contributed by atoms with Crippen molar-refractivity contribution in [2.24, 2.45) is 0 Å². The molecule has 3 aromatic carbocycles. The maximum atomic E-state index is 12.6. The van der Waals surface area contributed by atoms with Crippen molar-refractivity contribution in [3.05, 3.63) is 94.7 Å². The van der Waals surface area contributed by atoms with Gasteiger partial charge in [-0.15, -0.1) is 0 Å². The Balaban J connectivity index is 1.91. The molecular weight excluding hydrogens is 424 g/mol. The predicted molar refractivity (Wildman–Crippen MR) is 127 cm³/mol. The molecule has 0 atom stereocenters. The van der Waals surface area contributed by atoms with E-state index in [1.165, 1.54) is 12.3 Å². The fourth-order valence-electron chi connectivity index (χ4n) is 3.70. The molecule has 1 aromatic heterocycles. The highest BCUT2D eigenvalue weighted by Crippen LogP contribution is 2.37. The lowest BCUT2D eigenvalue weighted by molar-refractivity contribution is -0.384. The van der Waals surface area contributed by atoms with Gasteiger partial charge < -0.3 is 0 Å². The van der Waals surface area contributed by atoms with Gasteiger partial charge in [0.05, 0.1) is 15.2 Å². The number of hydrogen-bond donors (Lipinski definition) is 0. The number of aromatic nitrogens is 1. The summed E-state index contributed by atoms with van der Waals surface area (Å²) in [6.07, 6.45) is 2.89. The van der Waals surface area contributed by atoms with Crippen LogP contribution in [0.1, 0.15) is 19.4 Å². The molecule has 0 spiro atoms.